The third-order valence-electron chi connectivity index (χ3n) is 4.73. The summed E-state index contributed by atoms with van der Waals surface area (Å²) in [5.41, 5.74) is 3.70. The monoisotopic (exact) mass is 337 g/mol. The minimum absolute atomic E-state index is 0.104. The molecule has 5 heteroatoms. The van der Waals surface area contributed by atoms with E-state index in [2.05, 4.69) is 33.0 Å². The second kappa shape index (κ2) is 6.69. The molecule has 0 radical (unpaired) electrons. The molecule has 0 saturated carbocycles. The fourth-order valence-corrected chi connectivity index (χ4v) is 3.94. The summed E-state index contributed by atoms with van der Waals surface area (Å²) in [6, 6.07) is 16.2. The largest absolute Gasteiger partial charge is 0.338 e. The Balaban J connectivity index is 1.58. The number of likely N-dealkylation sites (tertiary alicyclic amines) is 1. The molecule has 4 rings (SSSR count). The lowest BCUT2D eigenvalue weighted by Gasteiger charge is -2.25. The van der Waals surface area contributed by atoms with Gasteiger partial charge in [0.15, 0.2) is 0 Å². The van der Waals surface area contributed by atoms with E-state index in [0.29, 0.717) is 11.5 Å². The van der Waals surface area contributed by atoms with Gasteiger partial charge in [0.2, 0.25) is 0 Å². The maximum absolute atomic E-state index is 13.0. The van der Waals surface area contributed by atoms with Gasteiger partial charge in [0.1, 0.15) is 11.0 Å². The second-order valence-electron chi connectivity index (χ2n) is 6.32. The Morgan fingerprint density at radius 3 is 2.75 bits per heavy atom. The molecular weight excluding hydrogens is 318 g/mol. The molecule has 1 aliphatic heterocycles. The predicted octanol–water partition coefficient (Wildman–Crippen LogP) is 4.10. The van der Waals surface area contributed by atoms with Crippen LogP contribution < -0.4 is 0 Å². The standard InChI is InChI=1S/C19H19N3OS/c23-19(15-9-10-17-18(12-15)21-24-20-17)22-11-5-4-8-16(13-22)14-6-2-1-3-7-14/h1-3,6-7,9-10,12,16H,4-5,8,11,13H2/t16-/m1/s1. The first-order chi connectivity index (χ1) is 11.8. The Morgan fingerprint density at radius 2 is 1.88 bits per heavy atom. The van der Waals surface area contributed by atoms with Gasteiger partial charge in [0.25, 0.3) is 5.91 Å². The first-order valence-electron chi connectivity index (χ1n) is 8.38. The average molecular weight is 337 g/mol. The van der Waals surface area contributed by atoms with Crippen LogP contribution in [-0.4, -0.2) is 32.6 Å². The lowest BCUT2D eigenvalue weighted by atomic mass is 9.94. The van der Waals surface area contributed by atoms with Crippen molar-refractivity contribution in [1.29, 1.82) is 0 Å². The van der Waals surface area contributed by atoms with Crippen LogP contribution in [0.15, 0.2) is 48.5 Å². The van der Waals surface area contributed by atoms with Crippen LogP contribution in [0.25, 0.3) is 11.0 Å². The highest BCUT2D eigenvalue weighted by atomic mass is 32.1. The van der Waals surface area contributed by atoms with Crippen LogP contribution in [0.5, 0.6) is 0 Å². The van der Waals surface area contributed by atoms with E-state index in [1.54, 1.807) is 0 Å². The zero-order valence-corrected chi connectivity index (χ0v) is 14.2. The fraction of sp³-hybridized carbons (Fsp3) is 0.316. The van der Waals surface area contributed by atoms with Gasteiger partial charge < -0.3 is 4.90 Å². The molecule has 1 aliphatic rings. The quantitative estimate of drug-likeness (QED) is 0.707. The third kappa shape index (κ3) is 3.04. The molecule has 0 aliphatic carbocycles. The summed E-state index contributed by atoms with van der Waals surface area (Å²) in [7, 11) is 0. The Hall–Kier alpha value is -2.27. The minimum Gasteiger partial charge on any atom is -0.338 e. The van der Waals surface area contributed by atoms with E-state index in [4.69, 9.17) is 0 Å². The van der Waals surface area contributed by atoms with Crippen LogP contribution in [0.4, 0.5) is 0 Å². The zero-order chi connectivity index (χ0) is 16.4. The van der Waals surface area contributed by atoms with E-state index >= 15 is 0 Å². The Kier molecular flexibility index (Phi) is 4.26. The fourth-order valence-electron chi connectivity index (χ4n) is 3.42. The van der Waals surface area contributed by atoms with Crippen LogP contribution in [-0.2, 0) is 0 Å². The van der Waals surface area contributed by atoms with Crippen molar-refractivity contribution in [3.05, 3.63) is 59.7 Å². The van der Waals surface area contributed by atoms with Gasteiger partial charge in [-0.2, -0.15) is 8.75 Å². The average Bonchev–Trinajstić information content (AvgIpc) is 2.96. The highest BCUT2D eigenvalue weighted by Crippen LogP contribution is 2.27. The van der Waals surface area contributed by atoms with Gasteiger partial charge in [-0.15, -0.1) is 0 Å². The molecule has 122 valence electrons. The van der Waals surface area contributed by atoms with Crippen molar-refractivity contribution in [2.24, 2.45) is 0 Å². The number of rotatable bonds is 2. The summed E-state index contributed by atoms with van der Waals surface area (Å²) in [6.07, 6.45) is 3.37. The predicted molar refractivity (Wildman–Crippen MR) is 96.4 cm³/mol. The van der Waals surface area contributed by atoms with E-state index in [1.807, 2.05) is 29.2 Å². The molecule has 24 heavy (non-hydrogen) atoms. The molecular formula is C19H19N3OS. The van der Waals surface area contributed by atoms with Crippen molar-refractivity contribution in [3.8, 4) is 0 Å². The number of hydrogen-bond acceptors (Lipinski definition) is 4. The normalized spacial score (nSPS) is 18.5. The topological polar surface area (TPSA) is 46.1 Å². The van der Waals surface area contributed by atoms with Gasteiger partial charge in [0, 0.05) is 24.6 Å². The van der Waals surface area contributed by atoms with Crippen LogP contribution in [0.2, 0.25) is 0 Å². The molecule has 0 N–H and O–H groups in total. The first kappa shape index (κ1) is 15.3. The van der Waals surface area contributed by atoms with Crippen molar-refractivity contribution in [3.63, 3.8) is 0 Å². The smallest absolute Gasteiger partial charge is 0.253 e. The van der Waals surface area contributed by atoms with Crippen molar-refractivity contribution in [2.45, 2.75) is 25.2 Å². The van der Waals surface area contributed by atoms with Crippen LogP contribution in [0.3, 0.4) is 0 Å². The molecule has 1 aromatic heterocycles. The number of benzene rings is 2. The van der Waals surface area contributed by atoms with Crippen molar-refractivity contribution in [2.75, 3.05) is 13.1 Å². The highest BCUT2D eigenvalue weighted by Gasteiger charge is 2.24. The lowest BCUT2D eigenvalue weighted by molar-refractivity contribution is 0.0754. The van der Waals surface area contributed by atoms with Crippen LogP contribution in [0, 0.1) is 0 Å². The summed E-state index contributed by atoms with van der Waals surface area (Å²) in [5, 5.41) is 0. The molecule has 1 saturated heterocycles. The molecule has 4 nitrogen and oxygen atoms in total. The zero-order valence-electron chi connectivity index (χ0n) is 13.4. The molecule has 0 unspecified atom stereocenters. The van der Waals surface area contributed by atoms with Crippen LogP contribution >= 0.6 is 11.7 Å². The van der Waals surface area contributed by atoms with Gasteiger partial charge in [-0.3, -0.25) is 4.79 Å². The molecule has 2 heterocycles. The van der Waals surface area contributed by atoms with E-state index in [1.165, 1.54) is 23.7 Å². The molecule has 1 fully saturated rings. The number of fused-ring (bicyclic) bond motifs is 1. The SMILES string of the molecule is O=C(c1ccc2nsnc2c1)N1CCCC[C@@H](c2ccccc2)C1. The molecule has 0 spiro atoms. The van der Waals surface area contributed by atoms with E-state index in [0.717, 1.165) is 37.0 Å². The first-order valence-corrected chi connectivity index (χ1v) is 9.11. The van der Waals surface area contributed by atoms with Gasteiger partial charge >= 0.3 is 0 Å². The van der Waals surface area contributed by atoms with Crippen molar-refractivity contribution in [1.82, 2.24) is 13.6 Å². The van der Waals surface area contributed by atoms with Gasteiger partial charge in [-0.25, -0.2) is 0 Å². The summed E-state index contributed by atoms with van der Waals surface area (Å²) in [4.78, 5) is 15.0. The minimum atomic E-state index is 0.104. The summed E-state index contributed by atoms with van der Waals surface area (Å²) in [5.74, 6) is 0.523. The maximum Gasteiger partial charge on any atom is 0.253 e. The van der Waals surface area contributed by atoms with Crippen molar-refractivity contribution >= 4 is 28.7 Å². The van der Waals surface area contributed by atoms with Gasteiger partial charge in [0.05, 0.1) is 11.7 Å². The third-order valence-corrected chi connectivity index (χ3v) is 5.29. The molecule has 1 amide bonds. The number of carbonyl (C=O) groups is 1. The van der Waals surface area contributed by atoms with Gasteiger partial charge in [-0.05, 0) is 36.6 Å². The lowest BCUT2D eigenvalue weighted by Crippen LogP contribution is -2.34. The highest BCUT2D eigenvalue weighted by molar-refractivity contribution is 7.00. The Bertz CT molecular complexity index is 846. The number of nitrogens with zero attached hydrogens (tertiary/aromatic N) is 3. The Morgan fingerprint density at radius 1 is 1.04 bits per heavy atom. The molecule has 0 bridgehead atoms. The second-order valence-corrected chi connectivity index (χ2v) is 6.85. The Labute approximate surface area is 145 Å². The number of hydrogen-bond donors (Lipinski definition) is 0. The summed E-state index contributed by atoms with van der Waals surface area (Å²) < 4.78 is 8.45. The van der Waals surface area contributed by atoms with E-state index < -0.39 is 0 Å². The number of carbonyl (C=O) groups excluding carboxylic acids is 1. The van der Waals surface area contributed by atoms with Gasteiger partial charge in [-0.1, -0.05) is 36.8 Å². The number of amides is 1. The van der Waals surface area contributed by atoms with E-state index in [-0.39, 0.29) is 5.91 Å². The van der Waals surface area contributed by atoms with Crippen LogP contribution in [0.1, 0.15) is 41.1 Å². The summed E-state index contributed by atoms with van der Waals surface area (Å²) >= 11 is 1.18. The van der Waals surface area contributed by atoms with E-state index in [9.17, 15) is 4.79 Å². The van der Waals surface area contributed by atoms with Crippen molar-refractivity contribution < 1.29 is 4.79 Å². The molecule has 2 aromatic carbocycles. The molecule has 1 atom stereocenters. The summed E-state index contributed by atoms with van der Waals surface area (Å²) in [6.45, 7) is 1.62. The maximum atomic E-state index is 13.0. The molecule has 3 aromatic rings. The number of aromatic nitrogens is 2.